The van der Waals surface area contributed by atoms with Gasteiger partial charge < -0.3 is 4.57 Å². The Morgan fingerprint density at radius 1 is 0.567 bits per heavy atom. The highest BCUT2D eigenvalue weighted by Crippen LogP contribution is 2.00. The number of tetrazole rings is 1. The van der Waals surface area contributed by atoms with Gasteiger partial charge in [-0.15, -0.1) is 49.0 Å². The van der Waals surface area contributed by atoms with Crippen molar-refractivity contribution in [1.82, 2.24) is 114 Å². The second-order valence-electron chi connectivity index (χ2n) is 10.9. The molecule has 0 radical (unpaired) electrons. The number of aryl methyl sites for hydroxylation is 10. The van der Waals surface area contributed by atoms with Crippen LogP contribution in [0.25, 0.3) is 0 Å². The summed E-state index contributed by atoms with van der Waals surface area (Å²) >= 11 is 6.45. The SMILES string of the molecule is Cc1cncs1.Cc1cnsc1.Cc1cscn1.Cc1nccs1.Cn1cccn1.Cn1ccnc1.Cn1ccnn1.Cn1cncn1.Cn1cnnn1.Cn1nnnn1. The van der Waals surface area contributed by atoms with Crippen LogP contribution in [0, 0.1) is 27.7 Å². The van der Waals surface area contributed by atoms with Crippen molar-refractivity contribution in [3.8, 4) is 0 Å². The van der Waals surface area contributed by atoms with Crippen LogP contribution in [0.1, 0.15) is 21.1 Å². The standard InChI is InChI=1S/2C4H6N2.4C4H5NS.2C3H5N3.C2H4N4.CH3N5/c1-6-3-2-5-4-6;1-6-4-2-3-5-6;1-4-2-6-3-5-4;1-4-2-5-3-6-4;1-4-2-5-6-3-4;1-4-5-2-3-6-4;1-6-3-4-2-5-6;1-6-3-2-4-5-6;1-6-2-3-4-5-6;1-6-4-2-3-5-6/h2*2-4H,1H3;6*2-3H,1H3;2H,1H3;1H3. The molecular weight excluding hydrogens is 847 g/mol. The molecule has 0 saturated heterocycles. The summed E-state index contributed by atoms with van der Waals surface area (Å²) < 4.78 is 12.3. The molecule has 0 aliphatic heterocycles. The van der Waals surface area contributed by atoms with E-state index in [0.717, 1.165) is 10.7 Å². The zero-order chi connectivity index (χ0) is 44.1. The monoisotopic (exact) mass is 895 g/mol. The number of hydrogen-bond donors (Lipinski definition) is 0. The summed E-state index contributed by atoms with van der Waals surface area (Å²) in [5, 5.41) is 45.1. The van der Waals surface area contributed by atoms with Crippen molar-refractivity contribution < 1.29 is 0 Å². The van der Waals surface area contributed by atoms with Crippen LogP contribution in [0.5, 0.6) is 0 Å². The quantitative estimate of drug-likeness (QED) is 0.208. The first-order valence-electron chi connectivity index (χ1n) is 17.0. The lowest BCUT2D eigenvalue weighted by Gasteiger charge is -1.77. The highest BCUT2D eigenvalue weighted by Gasteiger charge is 1.79. The first kappa shape index (κ1) is 51.3. The van der Waals surface area contributed by atoms with Crippen LogP contribution in [-0.2, 0) is 42.3 Å². The van der Waals surface area contributed by atoms with Gasteiger partial charge >= 0.3 is 0 Å². The molecule has 10 aromatic heterocycles. The fourth-order valence-electron chi connectivity index (χ4n) is 2.69. The predicted octanol–water partition coefficient (Wildman–Crippen LogP) is 4.09. The Balaban J connectivity index is 0.000000333. The summed E-state index contributed by atoms with van der Waals surface area (Å²) in [4.78, 5) is 21.7. The zero-order valence-corrected chi connectivity index (χ0v) is 38.2. The lowest BCUT2D eigenvalue weighted by molar-refractivity contribution is 0.622. The van der Waals surface area contributed by atoms with Gasteiger partial charge in [-0.05, 0) is 82.1 Å². The lowest BCUT2D eigenvalue weighted by Crippen LogP contribution is -1.91. The summed E-state index contributed by atoms with van der Waals surface area (Å²) in [5.41, 5.74) is 6.02. The van der Waals surface area contributed by atoms with Crippen molar-refractivity contribution >= 4 is 45.5 Å². The summed E-state index contributed by atoms with van der Waals surface area (Å²) in [6, 6.07) is 1.89. The molecule has 320 valence electrons. The van der Waals surface area contributed by atoms with Crippen LogP contribution in [-0.4, -0.2) is 114 Å². The van der Waals surface area contributed by atoms with E-state index in [0.29, 0.717) is 0 Å². The van der Waals surface area contributed by atoms with E-state index in [1.54, 1.807) is 106 Å². The number of rotatable bonds is 0. The molecule has 0 amide bonds. The van der Waals surface area contributed by atoms with Crippen molar-refractivity contribution in [1.29, 1.82) is 0 Å². The molecule has 60 heavy (non-hydrogen) atoms. The van der Waals surface area contributed by atoms with Gasteiger partial charge in [-0.3, -0.25) is 29.0 Å². The fraction of sp³-hybridized carbons (Fsp3) is 0.303. The molecule has 0 unspecified atom stereocenters. The number of imidazole rings is 1. The van der Waals surface area contributed by atoms with Gasteiger partial charge in [0.1, 0.15) is 19.0 Å². The molecule has 0 saturated carbocycles. The normalized spacial score (nSPS) is 8.83. The second-order valence-corrected chi connectivity index (χ2v) is 14.4. The third-order valence-corrected chi connectivity index (χ3v) is 8.22. The molecule has 23 nitrogen and oxygen atoms in total. The minimum absolute atomic E-state index is 1.11. The molecule has 27 heteroatoms. The summed E-state index contributed by atoms with van der Waals surface area (Å²) in [5.74, 6) is 0. The van der Waals surface area contributed by atoms with Gasteiger partial charge in [0.25, 0.3) is 0 Å². The second kappa shape index (κ2) is 34.3. The maximum Gasteiger partial charge on any atom is 0.137 e. The van der Waals surface area contributed by atoms with Gasteiger partial charge in [-0.25, -0.2) is 19.0 Å². The Hall–Kier alpha value is -6.71. The van der Waals surface area contributed by atoms with Crippen LogP contribution >= 0.6 is 45.5 Å². The highest BCUT2D eigenvalue weighted by molar-refractivity contribution is 7.09. The van der Waals surface area contributed by atoms with Gasteiger partial charge in [0, 0.05) is 112 Å². The van der Waals surface area contributed by atoms with Crippen molar-refractivity contribution in [3.63, 3.8) is 0 Å². The molecule has 0 spiro atoms. The number of thiazole rings is 3. The largest absolute Gasteiger partial charge is 0.341 e. The molecule has 0 aromatic carbocycles. The molecule has 0 aliphatic rings. The van der Waals surface area contributed by atoms with Gasteiger partial charge in [0.2, 0.25) is 0 Å². The minimum Gasteiger partial charge on any atom is -0.341 e. The Kier molecular flexibility index (Phi) is 29.4. The first-order chi connectivity index (χ1) is 28.9. The van der Waals surface area contributed by atoms with E-state index in [1.165, 1.54) is 44.1 Å². The van der Waals surface area contributed by atoms with Crippen LogP contribution in [0.15, 0.2) is 114 Å². The van der Waals surface area contributed by atoms with E-state index < -0.39 is 0 Å². The third kappa shape index (κ3) is 32.4. The Morgan fingerprint density at radius 3 is 1.53 bits per heavy atom. The molecule has 10 aromatic rings. The van der Waals surface area contributed by atoms with Crippen molar-refractivity contribution in [3.05, 3.63) is 135 Å². The Morgan fingerprint density at radius 2 is 1.37 bits per heavy atom. The first-order valence-corrected chi connectivity index (χ1v) is 20.6. The maximum atomic E-state index is 3.94. The molecule has 0 atom stereocenters. The number of hydrogen-bond acceptors (Lipinski definition) is 21. The molecule has 0 N–H and O–H groups in total. The van der Waals surface area contributed by atoms with E-state index in [-0.39, 0.29) is 0 Å². The number of nitrogens with zero attached hydrogens (tertiary/aromatic N) is 23. The van der Waals surface area contributed by atoms with E-state index in [2.05, 4.69) is 86.2 Å². The van der Waals surface area contributed by atoms with Crippen molar-refractivity contribution in [2.45, 2.75) is 27.7 Å². The van der Waals surface area contributed by atoms with Crippen LogP contribution in [0.2, 0.25) is 0 Å². The molecule has 0 aliphatic carbocycles. The van der Waals surface area contributed by atoms with Crippen molar-refractivity contribution in [2.75, 3.05) is 0 Å². The molecule has 0 bridgehead atoms. The van der Waals surface area contributed by atoms with E-state index >= 15 is 0 Å². The zero-order valence-electron chi connectivity index (χ0n) is 34.9. The average Bonchev–Trinajstić information content (AvgIpc) is 4.06. The minimum atomic E-state index is 1.11. The third-order valence-electron chi connectivity index (χ3n) is 5.40. The van der Waals surface area contributed by atoms with Gasteiger partial charge in [0.15, 0.2) is 0 Å². The number of aromatic nitrogens is 23. The Labute approximate surface area is 363 Å². The highest BCUT2D eigenvalue weighted by atomic mass is 32.1. The maximum absolute atomic E-state index is 3.94. The van der Waals surface area contributed by atoms with Gasteiger partial charge in [0.05, 0.1) is 35.6 Å². The molecular formula is C33H49N23S4. The van der Waals surface area contributed by atoms with E-state index in [1.807, 2.05) is 118 Å². The van der Waals surface area contributed by atoms with Crippen LogP contribution < -0.4 is 0 Å². The summed E-state index contributed by atoms with van der Waals surface area (Å²) in [6.45, 7) is 8.04. The van der Waals surface area contributed by atoms with Gasteiger partial charge in [-0.1, -0.05) is 5.21 Å². The molecule has 10 rings (SSSR count). The summed E-state index contributed by atoms with van der Waals surface area (Å²) in [6.07, 6.45) is 22.6. The lowest BCUT2D eigenvalue weighted by atomic mass is 10.5. The smallest absolute Gasteiger partial charge is 0.137 e. The fourth-order valence-corrected chi connectivity index (χ4v) is 4.60. The van der Waals surface area contributed by atoms with Crippen molar-refractivity contribution in [2.24, 2.45) is 42.3 Å². The predicted molar refractivity (Wildman–Crippen MR) is 231 cm³/mol. The Bertz CT molecular complexity index is 1650. The van der Waals surface area contributed by atoms with Gasteiger partial charge in [-0.2, -0.15) is 10.2 Å². The van der Waals surface area contributed by atoms with Crippen LogP contribution in [0.3, 0.4) is 0 Å². The van der Waals surface area contributed by atoms with Crippen LogP contribution in [0.4, 0.5) is 0 Å². The molecule has 10 heterocycles. The molecule has 0 fully saturated rings. The van der Waals surface area contributed by atoms with E-state index in [4.69, 9.17) is 0 Å². The average molecular weight is 896 g/mol. The van der Waals surface area contributed by atoms with E-state index in [9.17, 15) is 0 Å². The summed E-state index contributed by atoms with van der Waals surface area (Å²) in [7, 11) is 10.9. The topological polar surface area (TPSA) is 249 Å².